The van der Waals surface area contributed by atoms with Gasteiger partial charge in [0.1, 0.15) is 67.1 Å². The number of carboxylic acids is 1. The first-order valence-electron chi connectivity index (χ1n) is 45.1. The number of carbonyl (C=O) groups is 3. The molecule has 0 aromatic carbocycles. The van der Waals surface area contributed by atoms with Gasteiger partial charge in [0.25, 0.3) is 5.79 Å². The van der Waals surface area contributed by atoms with E-state index in [4.69, 9.17) is 28.4 Å². The third kappa shape index (κ3) is 44.1. The smallest absolute Gasteiger partial charge is 0.364 e. The van der Waals surface area contributed by atoms with Crippen LogP contribution in [0.4, 0.5) is 0 Å². The molecule has 0 radical (unpaired) electrons. The Morgan fingerprint density at radius 3 is 1.21 bits per heavy atom. The Kier molecular flexibility index (Phi) is 60.5. The van der Waals surface area contributed by atoms with Crippen LogP contribution in [0.1, 0.15) is 387 Å². The van der Waals surface area contributed by atoms with Gasteiger partial charge in [-0.25, -0.2) is 4.79 Å². The normalized spacial score (nSPS) is 25.6. The third-order valence-electron chi connectivity index (χ3n) is 23.0. The number of hydrogen-bond acceptors (Lipinski definition) is 20. The van der Waals surface area contributed by atoms with E-state index in [-0.39, 0.29) is 12.3 Å². The number of aliphatic hydroxyl groups excluding tert-OH is 11. The van der Waals surface area contributed by atoms with Gasteiger partial charge in [0, 0.05) is 19.8 Å². The van der Waals surface area contributed by atoms with E-state index >= 15 is 0 Å². The lowest BCUT2D eigenvalue weighted by atomic mass is 9.88. The first-order valence-corrected chi connectivity index (χ1v) is 45.1. The van der Waals surface area contributed by atoms with Crippen LogP contribution in [-0.2, 0) is 42.8 Å². The number of aliphatic carboxylic acids is 1. The second-order valence-corrected chi connectivity index (χ2v) is 32.8. The maximum Gasteiger partial charge on any atom is 0.364 e. The minimum Gasteiger partial charge on any atom is -0.477 e. The summed E-state index contributed by atoms with van der Waals surface area (Å²) < 4.78 is 35.0. The van der Waals surface area contributed by atoms with Crippen LogP contribution in [0.15, 0.2) is 12.2 Å². The predicted octanol–water partition coefficient (Wildman–Crippen LogP) is 14.1. The molecule has 14 N–H and O–H groups in total. The predicted molar refractivity (Wildman–Crippen MR) is 431 cm³/mol. The maximum absolute atomic E-state index is 13.6. The zero-order valence-corrected chi connectivity index (χ0v) is 69.1. The zero-order chi connectivity index (χ0) is 80.3. The van der Waals surface area contributed by atoms with Gasteiger partial charge in [-0.3, -0.25) is 9.59 Å². The van der Waals surface area contributed by atoms with Crippen LogP contribution >= 0.6 is 0 Å². The summed E-state index contributed by atoms with van der Waals surface area (Å²) in [5.74, 6) is -6.13. The van der Waals surface area contributed by atoms with Crippen LogP contribution in [0.3, 0.4) is 0 Å². The van der Waals surface area contributed by atoms with E-state index in [0.29, 0.717) is 12.8 Å². The molecule has 0 aromatic rings. The van der Waals surface area contributed by atoms with Gasteiger partial charge in [-0.2, -0.15) is 0 Å². The molecule has 648 valence electrons. The lowest BCUT2D eigenvalue weighted by Crippen LogP contribution is -2.70. The molecule has 0 bridgehead atoms. The van der Waals surface area contributed by atoms with Crippen LogP contribution in [0.2, 0.25) is 0 Å². The van der Waals surface area contributed by atoms with Crippen molar-refractivity contribution in [3.8, 4) is 0 Å². The Balaban J connectivity index is 1.46. The van der Waals surface area contributed by atoms with Crippen LogP contribution in [-0.4, -0.2) is 215 Å². The van der Waals surface area contributed by atoms with E-state index in [1.54, 1.807) is 6.08 Å². The maximum atomic E-state index is 13.6. The minimum absolute atomic E-state index is 0.206. The Labute approximate surface area is 664 Å². The molecule has 23 nitrogen and oxygen atoms in total. The highest BCUT2D eigenvalue weighted by atomic mass is 16.8. The van der Waals surface area contributed by atoms with Crippen molar-refractivity contribution in [3.05, 3.63) is 12.2 Å². The number of amides is 2. The van der Waals surface area contributed by atoms with Crippen LogP contribution < -0.4 is 10.6 Å². The van der Waals surface area contributed by atoms with E-state index in [9.17, 15) is 75.7 Å². The summed E-state index contributed by atoms with van der Waals surface area (Å²) in [5, 5.41) is 137. The summed E-state index contributed by atoms with van der Waals surface area (Å²) in [5.41, 5.74) is 0. The Hall–Kier alpha value is -2.53. The van der Waals surface area contributed by atoms with Crippen molar-refractivity contribution >= 4 is 17.8 Å². The van der Waals surface area contributed by atoms with Crippen molar-refractivity contribution in [2.24, 2.45) is 0 Å². The average molecular weight is 1570 g/mol. The molecule has 18 unspecified atom stereocenters. The summed E-state index contributed by atoms with van der Waals surface area (Å²) >= 11 is 0. The second kappa shape index (κ2) is 65.5. The topological polar surface area (TPSA) is 373 Å². The van der Waals surface area contributed by atoms with E-state index in [2.05, 4.69) is 24.5 Å². The van der Waals surface area contributed by atoms with Crippen molar-refractivity contribution in [2.45, 2.75) is 497 Å². The van der Waals surface area contributed by atoms with Crippen LogP contribution in [0.25, 0.3) is 0 Å². The molecule has 3 heterocycles. The van der Waals surface area contributed by atoms with Gasteiger partial charge >= 0.3 is 5.97 Å². The van der Waals surface area contributed by atoms with Gasteiger partial charge in [-0.15, -0.1) is 0 Å². The highest BCUT2D eigenvalue weighted by Crippen LogP contribution is 2.39. The molecule has 18 atom stereocenters. The van der Waals surface area contributed by atoms with Crippen molar-refractivity contribution in [3.63, 3.8) is 0 Å². The molecule has 3 aliphatic heterocycles. The number of allylic oxidation sites excluding steroid dienone is 1. The van der Waals surface area contributed by atoms with Crippen molar-refractivity contribution in [1.82, 2.24) is 10.6 Å². The third-order valence-corrected chi connectivity index (χ3v) is 23.0. The number of hydrogen-bond donors (Lipinski definition) is 14. The Bertz CT molecular complexity index is 2220. The zero-order valence-electron chi connectivity index (χ0n) is 69.1. The van der Waals surface area contributed by atoms with E-state index in [1.807, 2.05) is 6.08 Å². The highest BCUT2D eigenvalue weighted by molar-refractivity contribution is 5.77. The first kappa shape index (κ1) is 102. The summed E-state index contributed by atoms with van der Waals surface area (Å²) in [6.07, 6.45) is 45.5. The second-order valence-electron chi connectivity index (χ2n) is 32.8. The Morgan fingerprint density at radius 1 is 0.473 bits per heavy atom. The molecule has 0 aromatic heterocycles. The lowest BCUT2D eigenvalue weighted by Gasteiger charge is -2.50. The van der Waals surface area contributed by atoms with E-state index in [0.717, 1.165) is 51.9 Å². The largest absolute Gasteiger partial charge is 0.477 e. The van der Waals surface area contributed by atoms with Gasteiger partial charge < -0.3 is 100 Å². The molecule has 110 heavy (non-hydrogen) atoms. The van der Waals surface area contributed by atoms with Crippen LogP contribution in [0, 0.1) is 0 Å². The van der Waals surface area contributed by atoms with Crippen molar-refractivity contribution < 1.29 is 104 Å². The summed E-state index contributed by atoms with van der Waals surface area (Å²) in [4.78, 5) is 38.8. The number of rotatable bonds is 73. The monoisotopic (exact) mass is 1570 g/mol. The molecule has 2 amide bonds. The number of ether oxygens (including phenoxy) is 6. The first-order chi connectivity index (χ1) is 53.4. The van der Waals surface area contributed by atoms with Crippen molar-refractivity contribution in [2.75, 3.05) is 26.4 Å². The van der Waals surface area contributed by atoms with E-state index in [1.165, 1.54) is 295 Å². The minimum atomic E-state index is -3.08. The molecular weight excluding hydrogens is 1410 g/mol. The molecule has 3 saturated heterocycles. The summed E-state index contributed by atoms with van der Waals surface area (Å²) in [7, 11) is 0. The SMILES string of the molecule is CCCCCCCCCCCCCCCCCCCCCCCC/C=C/C(O)C(COC1OC(CO)C(OC2OC(CO)C(O)C(OC3(C(=O)O)CC(O)C(NC(C)=O)C(C(O)C(O)CO)O3)C2O)C(O)C1O)NC(=O)CCCCCCCCCCCCCCCCCCCCCCCCCCCCCCCCCC. The highest BCUT2D eigenvalue weighted by Gasteiger charge is 2.60. The molecule has 0 spiro atoms. The number of unbranched alkanes of at least 4 members (excludes halogenated alkanes) is 53. The number of carboxylic acid groups (broad SMARTS) is 1. The van der Waals surface area contributed by atoms with Gasteiger partial charge in [0.05, 0.1) is 50.7 Å². The summed E-state index contributed by atoms with van der Waals surface area (Å²) in [6.45, 7) is 2.22. The molecule has 0 aliphatic carbocycles. The fourth-order valence-corrected chi connectivity index (χ4v) is 15.9. The molecule has 23 heteroatoms. The van der Waals surface area contributed by atoms with Crippen LogP contribution in [0.5, 0.6) is 0 Å². The van der Waals surface area contributed by atoms with E-state index < -0.39 is 155 Å². The van der Waals surface area contributed by atoms with Gasteiger partial charge in [0.2, 0.25) is 11.8 Å². The average Bonchev–Trinajstić information content (AvgIpc) is 0.755. The molecule has 3 rings (SSSR count). The van der Waals surface area contributed by atoms with Crippen molar-refractivity contribution in [1.29, 1.82) is 0 Å². The fourth-order valence-electron chi connectivity index (χ4n) is 15.9. The fraction of sp³-hybridized carbons (Fsp3) is 0.943. The molecule has 3 aliphatic rings. The quantitative estimate of drug-likeness (QED) is 0.0199. The Morgan fingerprint density at radius 2 is 0.845 bits per heavy atom. The molecular formula is C87H164N2O21. The molecule has 0 saturated carbocycles. The lowest BCUT2D eigenvalue weighted by molar-refractivity contribution is -0.386. The number of carbonyl (C=O) groups excluding carboxylic acids is 2. The number of aliphatic hydroxyl groups is 11. The van der Waals surface area contributed by atoms with Gasteiger partial charge in [-0.1, -0.05) is 360 Å². The molecule has 3 fully saturated rings. The van der Waals surface area contributed by atoms with Gasteiger partial charge in [0.15, 0.2) is 12.6 Å². The number of nitrogens with one attached hydrogen (secondary N) is 2. The summed E-state index contributed by atoms with van der Waals surface area (Å²) in [6, 6.07) is -2.62. The van der Waals surface area contributed by atoms with Gasteiger partial charge in [-0.05, 0) is 19.3 Å². The standard InChI is InChI=1S/C87H164N2O21/c1-4-6-8-10-12-14-16-18-20-22-24-26-28-30-31-32-33-34-35-36-37-39-41-43-45-47-49-51-53-55-57-59-61-74(97)89-68(69(94)60-58-56-54-52-50-48-46-44-42-40-38-29-27-25-23-21-19-17-15-13-11-9-7-5-2)66-105-84-79(101)78(100)81(73(65-92)107-84)108-85-80(102)83(77(99)72(64-91)106-85)110-87(86(103)104)62-70(95)75(88-67(3)93)82(109-87)76(98)71(96)63-90/h58,60,68-73,75-85,90-92,94-96,98-102H,4-57,59,61-66H2,1-3H3,(H,88,93)(H,89,97)(H,103,104)/b60-58+.